The van der Waals surface area contributed by atoms with Gasteiger partial charge in [-0.2, -0.15) is 0 Å². The molecule has 1 amide bonds. The summed E-state index contributed by atoms with van der Waals surface area (Å²) < 4.78 is 16.9. The first-order valence-corrected chi connectivity index (χ1v) is 11.9. The minimum atomic E-state index is -0.401. The molecule has 1 N–H and O–H groups in total. The number of methoxy groups -OCH3 is 1. The molecule has 0 saturated heterocycles. The zero-order valence-electron chi connectivity index (χ0n) is 19.6. The lowest BCUT2D eigenvalue weighted by molar-refractivity contribution is -0.119. The number of nitrogens with one attached hydrogen (secondary N) is 1. The second-order valence-electron chi connectivity index (χ2n) is 8.90. The van der Waals surface area contributed by atoms with Crippen molar-refractivity contribution in [3.63, 3.8) is 0 Å². The predicted molar refractivity (Wildman–Crippen MR) is 129 cm³/mol. The van der Waals surface area contributed by atoms with Crippen LogP contribution in [-0.4, -0.2) is 31.2 Å². The Morgan fingerprint density at radius 1 is 0.857 bits per heavy atom. The number of benzene rings is 2. The smallest absolute Gasteiger partial charge is 0.262 e. The molecule has 1 heterocycles. The fraction of sp³-hybridized carbons (Fsp3) is 0.321. The minimum absolute atomic E-state index is 0.0525. The summed E-state index contributed by atoms with van der Waals surface area (Å²) in [6.45, 7) is -0.149. The number of carbonyl (C=O) groups is 3. The van der Waals surface area contributed by atoms with E-state index in [1.807, 2.05) is 12.1 Å². The summed E-state index contributed by atoms with van der Waals surface area (Å²) in [5.41, 5.74) is 2.75. The lowest BCUT2D eigenvalue weighted by Crippen LogP contribution is -2.30. The third kappa shape index (κ3) is 4.71. The first-order chi connectivity index (χ1) is 17.0. The van der Waals surface area contributed by atoms with Gasteiger partial charge in [0.25, 0.3) is 5.91 Å². The van der Waals surface area contributed by atoms with Gasteiger partial charge in [0, 0.05) is 48.4 Å². The Bertz CT molecular complexity index is 1180. The van der Waals surface area contributed by atoms with E-state index in [0.717, 1.165) is 29.9 Å². The number of Topliss-reactive ketones (excluding diaryl/α,β-unsaturated/α-hetero) is 2. The molecule has 2 aliphatic carbocycles. The van der Waals surface area contributed by atoms with Crippen molar-refractivity contribution in [3.05, 3.63) is 76.8 Å². The largest absolute Gasteiger partial charge is 0.497 e. The molecule has 0 unspecified atom stereocenters. The topological polar surface area (TPSA) is 90.9 Å². The molecule has 0 aromatic heterocycles. The zero-order valence-corrected chi connectivity index (χ0v) is 19.6. The van der Waals surface area contributed by atoms with Gasteiger partial charge in [-0.25, -0.2) is 0 Å². The SMILES string of the molecule is COc1ccc(NC(=O)COc2ccc(C3C4=C(CCCC4=O)OC4=C3C(=O)CCC4)cc2)cc1. The van der Waals surface area contributed by atoms with Gasteiger partial charge in [-0.3, -0.25) is 14.4 Å². The Morgan fingerprint density at radius 2 is 1.43 bits per heavy atom. The van der Waals surface area contributed by atoms with Crippen LogP contribution in [0, 0.1) is 0 Å². The van der Waals surface area contributed by atoms with E-state index in [-0.39, 0.29) is 24.1 Å². The molecular formula is C28H27NO6. The molecular weight excluding hydrogens is 446 g/mol. The molecule has 1 aliphatic heterocycles. The third-order valence-electron chi connectivity index (χ3n) is 6.60. The summed E-state index contributed by atoms with van der Waals surface area (Å²) in [7, 11) is 1.58. The van der Waals surface area contributed by atoms with Gasteiger partial charge in [-0.05, 0) is 54.8 Å². The van der Waals surface area contributed by atoms with Gasteiger partial charge in [0.1, 0.15) is 23.0 Å². The van der Waals surface area contributed by atoms with E-state index in [1.54, 1.807) is 43.5 Å². The average Bonchev–Trinajstić information content (AvgIpc) is 2.87. The molecule has 2 aromatic rings. The summed E-state index contributed by atoms with van der Waals surface area (Å²) >= 11 is 0. The van der Waals surface area contributed by atoms with Crippen molar-refractivity contribution in [2.24, 2.45) is 0 Å². The second-order valence-corrected chi connectivity index (χ2v) is 8.90. The van der Waals surface area contributed by atoms with Crippen LogP contribution >= 0.6 is 0 Å². The van der Waals surface area contributed by atoms with Gasteiger partial charge in [-0.1, -0.05) is 12.1 Å². The highest BCUT2D eigenvalue weighted by Crippen LogP contribution is 2.47. The lowest BCUT2D eigenvalue weighted by Gasteiger charge is -2.36. The summed E-state index contributed by atoms with van der Waals surface area (Å²) in [5.74, 6) is 2.09. The number of allylic oxidation sites excluding steroid dienone is 4. The Morgan fingerprint density at radius 3 is 2.00 bits per heavy atom. The lowest BCUT2D eigenvalue weighted by atomic mass is 9.73. The molecule has 0 radical (unpaired) electrons. The minimum Gasteiger partial charge on any atom is -0.497 e. The highest BCUT2D eigenvalue weighted by molar-refractivity contribution is 6.05. The van der Waals surface area contributed by atoms with Crippen LogP contribution in [0.25, 0.3) is 0 Å². The Labute approximate surface area is 203 Å². The van der Waals surface area contributed by atoms with Crippen LogP contribution in [0.1, 0.15) is 50.0 Å². The average molecular weight is 474 g/mol. The molecule has 2 aromatic carbocycles. The number of ketones is 2. The Kier molecular flexibility index (Phi) is 6.40. The monoisotopic (exact) mass is 473 g/mol. The van der Waals surface area contributed by atoms with E-state index < -0.39 is 5.92 Å². The number of ether oxygens (including phenoxy) is 3. The highest BCUT2D eigenvalue weighted by atomic mass is 16.5. The Hall–Kier alpha value is -3.87. The molecule has 0 fully saturated rings. The summed E-state index contributed by atoms with van der Waals surface area (Å²) in [6, 6.07) is 14.3. The van der Waals surface area contributed by atoms with Crippen molar-refractivity contribution in [1.82, 2.24) is 0 Å². The van der Waals surface area contributed by atoms with Gasteiger partial charge in [-0.15, -0.1) is 0 Å². The predicted octanol–water partition coefficient (Wildman–Crippen LogP) is 4.84. The van der Waals surface area contributed by atoms with Crippen molar-refractivity contribution >= 4 is 23.2 Å². The van der Waals surface area contributed by atoms with E-state index in [1.165, 1.54) is 0 Å². The molecule has 0 spiro atoms. The fourth-order valence-electron chi connectivity index (χ4n) is 4.93. The van der Waals surface area contributed by atoms with E-state index >= 15 is 0 Å². The number of hydrogen-bond donors (Lipinski definition) is 1. The van der Waals surface area contributed by atoms with Crippen LogP contribution < -0.4 is 14.8 Å². The van der Waals surface area contributed by atoms with Crippen molar-refractivity contribution in [1.29, 1.82) is 0 Å². The molecule has 35 heavy (non-hydrogen) atoms. The van der Waals surface area contributed by atoms with Crippen LogP contribution in [0.3, 0.4) is 0 Å². The van der Waals surface area contributed by atoms with Crippen molar-refractivity contribution in [3.8, 4) is 11.5 Å². The number of anilines is 1. The number of hydrogen-bond acceptors (Lipinski definition) is 6. The molecule has 7 heteroatoms. The summed E-state index contributed by atoms with van der Waals surface area (Å²) in [4.78, 5) is 38.0. The van der Waals surface area contributed by atoms with Crippen molar-refractivity contribution < 1.29 is 28.6 Å². The molecule has 5 rings (SSSR count). The number of amides is 1. The number of rotatable bonds is 6. The summed E-state index contributed by atoms with van der Waals surface area (Å²) in [6.07, 6.45) is 3.92. The van der Waals surface area contributed by atoms with Gasteiger partial charge >= 0.3 is 0 Å². The first-order valence-electron chi connectivity index (χ1n) is 11.9. The molecule has 7 nitrogen and oxygen atoms in total. The van der Waals surface area contributed by atoms with E-state index in [4.69, 9.17) is 14.2 Å². The maximum Gasteiger partial charge on any atom is 0.262 e. The maximum atomic E-state index is 12.9. The molecule has 0 saturated carbocycles. The van der Waals surface area contributed by atoms with Crippen LogP contribution in [0.2, 0.25) is 0 Å². The third-order valence-corrected chi connectivity index (χ3v) is 6.60. The van der Waals surface area contributed by atoms with Crippen molar-refractivity contribution in [2.75, 3.05) is 19.0 Å². The van der Waals surface area contributed by atoms with Crippen LogP contribution in [-0.2, 0) is 19.1 Å². The fourth-order valence-corrected chi connectivity index (χ4v) is 4.93. The number of carbonyl (C=O) groups excluding carboxylic acids is 3. The maximum absolute atomic E-state index is 12.9. The van der Waals surface area contributed by atoms with Crippen LogP contribution in [0.5, 0.6) is 11.5 Å². The quantitative estimate of drug-likeness (QED) is 0.646. The van der Waals surface area contributed by atoms with Crippen molar-refractivity contribution in [2.45, 2.75) is 44.4 Å². The van der Waals surface area contributed by atoms with Gasteiger partial charge in [0.2, 0.25) is 0 Å². The highest BCUT2D eigenvalue weighted by Gasteiger charge is 2.41. The second kappa shape index (κ2) is 9.78. The summed E-state index contributed by atoms with van der Waals surface area (Å²) in [5, 5.41) is 2.78. The molecule has 0 atom stereocenters. The van der Waals surface area contributed by atoms with Gasteiger partial charge in [0.05, 0.1) is 7.11 Å². The normalized spacial score (nSPS) is 18.0. The molecule has 0 bridgehead atoms. The van der Waals surface area contributed by atoms with E-state index in [2.05, 4.69) is 5.32 Å². The van der Waals surface area contributed by atoms with Gasteiger partial charge < -0.3 is 19.5 Å². The van der Waals surface area contributed by atoms with Crippen LogP contribution in [0.4, 0.5) is 5.69 Å². The Balaban J connectivity index is 1.31. The standard InChI is InChI=1S/C28H27NO6/c1-33-19-14-10-18(11-15-19)29-25(32)16-34-20-12-8-17(9-13-20)26-27-21(30)4-2-6-23(27)35-24-7-3-5-22(31)28(24)26/h8-15,26H,2-7,16H2,1H3,(H,29,32). The van der Waals surface area contributed by atoms with Crippen LogP contribution in [0.15, 0.2) is 71.2 Å². The van der Waals surface area contributed by atoms with Gasteiger partial charge in [0.15, 0.2) is 18.2 Å². The zero-order chi connectivity index (χ0) is 24.4. The first kappa shape index (κ1) is 22.9. The molecule has 180 valence electrons. The molecule has 3 aliphatic rings. The van der Waals surface area contributed by atoms with E-state index in [9.17, 15) is 14.4 Å². The van der Waals surface area contributed by atoms with E-state index in [0.29, 0.717) is 54.0 Å².